The second-order valence-corrected chi connectivity index (χ2v) is 2.88. The first-order valence-corrected chi connectivity index (χ1v) is 4.17. The van der Waals surface area contributed by atoms with Crippen molar-refractivity contribution in [3.05, 3.63) is 24.5 Å². The van der Waals surface area contributed by atoms with Gasteiger partial charge in [-0.2, -0.15) is 0 Å². The Bertz CT molecular complexity index is 241. The highest BCUT2D eigenvalue weighted by Gasteiger charge is 2.15. The van der Waals surface area contributed by atoms with Crippen LogP contribution >= 0.6 is 0 Å². The largest absolute Gasteiger partial charge is 0.374 e. The van der Waals surface area contributed by atoms with Crippen molar-refractivity contribution in [1.29, 1.82) is 0 Å². The van der Waals surface area contributed by atoms with E-state index in [0.717, 1.165) is 5.69 Å². The minimum Gasteiger partial charge on any atom is -0.374 e. The van der Waals surface area contributed by atoms with Gasteiger partial charge in [0.15, 0.2) is 0 Å². The molecule has 4 nitrogen and oxygen atoms in total. The zero-order valence-electron chi connectivity index (χ0n) is 7.75. The molecule has 1 rings (SSSR count). The maximum atomic E-state index is 9.38. The van der Waals surface area contributed by atoms with Crippen LogP contribution in [0.3, 0.4) is 0 Å². The number of rotatable bonds is 3. The molecule has 0 aliphatic rings. The second kappa shape index (κ2) is 4.20. The van der Waals surface area contributed by atoms with Crippen LogP contribution < -0.4 is 4.90 Å². The van der Waals surface area contributed by atoms with Gasteiger partial charge in [0.1, 0.15) is 12.5 Å². The Kier molecular flexibility index (Phi) is 3.22. The van der Waals surface area contributed by atoms with Gasteiger partial charge in [-0.3, -0.25) is 4.98 Å². The zero-order valence-corrected chi connectivity index (χ0v) is 7.75. The van der Waals surface area contributed by atoms with Crippen LogP contribution in [0.4, 0.5) is 5.69 Å². The summed E-state index contributed by atoms with van der Waals surface area (Å²) in [5.74, 6) is 0. The topological polar surface area (TPSA) is 56.6 Å². The average Bonchev–Trinajstić information content (AvgIpc) is 2.04. The molecule has 0 saturated carbocycles. The summed E-state index contributed by atoms with van der Waals surface area (Å²) < 4.78 is 0. The van der Waals surface area contributed by atoms with Crippen LogP contribution in [0.25, 0.3) is 0 Å². The zero-order chi connectivity index (χ0) is 9.84. The Labute approximate surface area is 77.5 Å². The van der Waals surface area contributed by atoms with Gasteiger partial charge in [-0.05, 0) is 26.0 Å². The number of pyridine rings is 1. The Morgan fingerprint density at radius 1 is 1.15 bits per heavy atom. The highest BCUT2D eigenvalue weighted by atomic mass is 16.3. The van der Waals surface area contributed by atoms with Gasteiger partial charge in [-0.1, -0.05) is 0 Å². The van der Waals surface area contributed by atoms with Crippen LogP contribution in [0.1, 0.15) is 13.8 Å². The lowest BCUT2D eigenvalue weighted by atomic mass is 10.3. The maximum Gasteiger partial charge on any atom is 0.126 e. The van der Waals surface area contributed by atoms with E-state index >= 15 is 0 Å². The van der Waals surface area contributed by atoms with Gasteiger partial charge in [0.2, 0.25) is 0 Å². The first-order chi connectivity index (χ1) is 6.13. The van der Waals surface area contributed by atoms with E-state index in [0.29, 0.717) is 0 Å². The summed E-state index contributed by atoms with van der Waals surface area (Å²) in [5.41, 5.74) is 0.750. The van der Waals surface area contributed by atoms with Crippen molar-refractivity contribution in [2.24, 2.45) is 0 Å². The van der Waals surface area contributed by atoms with Crippen molar-refractivity contribution in [3.8, 4) is 0 Å². The molecule has 0 saturated heterocycles. The highest BCUT2D eigenvalue weighted by molar-refractivity contribution is 5.45. The lowest BCUT2D eigenvalue weighted by Crippen LogP contribution is -2.40. The smallest absolute Gasteiger partial charge is 0.126 e. The van der Waals surface area contributed by atoms with Gasteiger partial charge >= 0.3 is 0 Å². The van der Waals surface area contributed by atoms with E-state index in [9.17, 15) is 10.2 Å². The summed E-state index contributed by atoms with van der Waals surface area (Å²) in [6.45, 7) is 3.21. The van der Waals surface area contributed by atoms with Crippen molar-refractivity contribution < 1.29 is 10.2 Å². The molecule has 13 heavy (non-hydrogen) atoms. The average molecular weight is 182 g/mol. The molecular formula is C9H14N2O2. The molecule has 2 N–H and O–H groups in total. The van der Waals surface area contributed by atoms with Crippen LogP contribution in [0.15, 0.2) is 24.5 Å². The van der Waals surface area contributed by atoms with Gasteiger partial charge in [0.05, 0.1) is 0 Å². The molecule has 1 heterocycles. The van der Waals surface area contributed by atoms with E-state index in [1.165, 1.54) is 4.90 Å². The standard InChI is InChI=1S/C9H14N2O2/c1-7(12)11(8(2)13)9-3-5-10-6-4-9/h3-8,12-13H,1-2H3. The molecule has 72 valence electrons. The molecule has 0 amide bonds. The van der Waals surface area contributed by atoms with Gasteiger partial charge < -0.3 is 15.1 Å². The Morgan fingerprint density at radius 3 is 2.00 bits per heavy atom. The molecule has 0 bridgehead atoms. The number of aliphatic hydroxyl groups excluding tert-OH is 2. The molecule has 0 aliphatic heterocycles. The van der Waals surface area contributed by atoms with Gasteiger partial charge in [-0.15, -0.1) is 0 Å². The fourth-order valence-electron chi connectivity index (χ4n) is 1.26. The van der Waals surface area contributed by atoms with Crippen LogP contribution in [-0.2, 0) is 0 Å². The summed E-state index contributed by atoms with van der Waals surface area (Å²) >= 11 is 0. The molecule has 1 aromatic heterocycles. The Morgan fingerprint density at radius 2 is 1.62 bits per heavy atom. The summed E-state index contributed by atoms with van der Waals surface area (Å²) in [6.07, 6.45) is 1.80. The number of hydrogen-bond acceptors (Lipinski definition) is 4. The number of aromatic nitrogens is 1. The summed E-state index contributed by atoms with van der Waals surface area (Å²) in [6, 6.07) is 3.47. The second-order valence-electron chi connectivity index (χ2n) is 2.88. The van der Waals surface area contributed by atoms with E-state index in [-0.39, 0.29) is 0 Å². The van der Waals surface area contributed by atoms with Crippen molar-refractivity contribution in [2.45, 2.75) is 26.3 Å². The highest BCUT2D eigenvalue weighted by Crippen LogP contribution is 2.16. The van der Waals surface area contributed by atoms with E-state index in [1.54, 1.807) is 38.4 Å². The van der Waals surface area contributed by atoms with Gasteiger partial charge in [-0.25, -0.2) is 0 Å². The van der Waals surface area contributed by atoms with E-state index in [1.807, 2.05) is 0 Å². The molecule has 0 fully saturated rings. The van der Waals surface area contributed by atoms with Crippen molar-refractivity contribution >= 4 is 5.69 Å². The molecule has 0 spiro atoms. The van der Waals surface area contributed by atoms with Crippen molar-refractivity contribution in [3.63, 3.8) is 0 Å². The first kappa shape index (κ1) is 9.95. The van der Waals surface area contributed by atoms with Gasteiger partial charge in [0.25, 0.3) is 0 Å². The molecule has 1 aromatic rings. The maximum absolute atomic E-state index is 9.38. The quantitative estimate of drug-likeness (QED) is 0.671. The van der Waals surface area contributed by atoms with E-state index in [2.05, 4.69) is 4.98 Å². The van der Waals surface area contributed by atoms with Crippen molar-refractivity contribution in [2.75, 3.05) is 4.90 Å². The summed E-state index contributed by atoms with van der Waals surface area (Å²) in [4.78, 5) is 5.34. The fraction of sp³-hybridized carbons (Fsp3) is 0.444. The molecule has 2 atom stereocenters. The number of hydrogen-bond donors (Lipinski definition) is 2. The van der Waals surface area contributed by atoms with Crippen LogP contribution in [0.5, 0.6) is 0 Å². The third kappa shape index (κ3) is 2.40. The number of anilines is 1. The Hall–Kier alpha value is -1.13. The normalized spacial score (nSPS) is 15.1. The van der Waals surface area contributed by atoms with Crippen LogP contribution in [0.2, 0.25) is 0 Å². The molecule has 0 aromatic carbocycles. The third-order valence-corrected chi connectivity index (χ3v) is 1.77. The predicted octanol–water partition coefficient (Wildman–Crippen LogP) is 0.565. The number of aliphatic hydroxyl groups is 2. The van der Waals surface area contributed by atoms with Crippen LogP contribution in [-0.4, -0.2) is 27.7 Å². The summed E-state index contributed by atoms with van der Waals surface area (Å²) in [7, 11) is 0. The number of nitrogens with zero attached hydrogens (tertiary/aromatic N) is 2. The molecule has 0 aliphatic carbocycles. The molecular weight excluding hydrogens is 168 g/mol. The molecule has 2 unspecified atom stereocenters. The minimum atomic E-state index is -0.720. The van der Waals surface area contributed by atoms with E-state index in [4.69, 9.17) is 0 Å². The molecule has 4 heteroatoms. The molecule has 0 radical (unpaired) electrons. The van der Waals surface area contributed by atoms with Gasteiger partial charge in [0, 0.05) is 18.1 Å². The SMILES string of the molecule is CC(O)N(c1ccncc1)C(C)O. The fourth-order valence-corrected chi connectivity index (χ4v) is 1.26. The Balaban J connectivity index is 2.89. The third-order valence-electron chi connectivity index (χ3n) is 1.77. The summed E-state index contributed by atoms with van der Waals surface area (Å²) in [5, 5.41) is 18.8. The minimum absolute atomic E-state index is 0.720. The lowest BCUT2D eigenvalue weighted by Gasteiger charge is -2.30. The lowest BCUT2D eigenvalue weighted by molar-refractivity contribution is 0.105. The first-order valence-electron chi connectivity index (χ1n) is 4.17. The van der Waals surface area contributed by atoms with Crippen molar-refractivity contribution in [1.82, 2.24) is 4.98 Å². The predicted molar refractivity (Wildman–Crippen MR) is 50.1 cm³/mol. The van der Waals surface area contributed by atoms with E-state index < -0.39 is 12.5 Å². The van der Waals surface area contributed by atoms with Crippen LogP contribution in [0, 0.1) is 0 Å². The monoisotopic (exact) mass is 182 g/mol.